The van der Waals surface area contributed by atoms with Gasteiger partial charge < -0.3 is 10.4 Å². The van der Waals surface area contributed by atoms with Crippen LogP contribution in [0.2, 0.25) is 5.02 Å². The number of hydrogen-bond donors (Lipinski definition) is 2. The number of aromatic hydroxyl groups is 1. The van der Waals surface area contributed by atoms with E-state index in [0.717, 1.165) is 0 Å². The molecule has 0 aliphatic rings. The molecule has 3 nitrogen and oxygen atoms in total. The van der Waals surface area contributed by atoms with E-state index in [1.807, 2.05) is 0 Å². The number of nitrogens with one attached hydrogen (secondary N) is 1. The Hall–Kier alpha value is -2.07. The molecular weight excluding hydrogens is 257 g/mol. The standard InChI is InChI=1S/C13H9ClFNO2/c14-11-7-10(17)5-6-12(11)16-13(18)8-1-3-9(15)4-2-8/h1-7,17H,(H,16,18). The van der Waals surface area contributed by atoms with E-state index in [9.17, 15) is 14.3 Å². The average molecular weight is 266 g/mol. The summed E-state index contributed by atoms with van der Waals surface area (Å²) in [6, 6.07) is 9.37. The monoisotopic (exact) mass is 265 g/mol. The Labute approximate surface area is 108 Å². The van der Waals surface area contributed by atoms with Gasteiger partial charge in [-0.05, 0) is 36.4 Å². The third kappa shape index (κ3) is 2.78. The van der Waals surface area contributed by atoms with Crippen molar-refractivity contribution in [1.82, 2.24) is 0 Å². The summed E-state index contributed by atoms with van der Waals surface area (Å²) in [6.45, 7) is 0. The third-order valence-electron chi connectivity index (χ3n) is 2.31. The van der Waals surface area contributed by atoms with Gasteiger partial charge in [0.05, 0.1) is 10.7 Å². The third-order valence-corrected chi connectivity index (χ3v) is 2.62. The molecule has 0 bridgehead atoms. The number of halogens is 2. The summed E-state index contributed by atoms with van der Waals surface area (Å²) in [4.78, 5) is 11.8. The largest absolute Gasteiger partial charge is 0.508 e. The lowest BCUT2D eigenvalue weighted by Crippen LogP contribution is -2.12. The number of amides is 1. The Kier molecular flexibility index (Phi) is 3.48. The second-order valence-electron chi connectivity index (χ2n) is 3.63. The minimum Gasteiger partial charge on any atom is -0.508 e. The molecule has 0 fully saturated rings. The molecule has 0 spiro atoms. The lowest BCUT2D eigenvalue weighted by Gasteiger charge is -2.07. The van der Waals surface area contributed by atoms with Crippen LogP contribution in [0, 0.1) is 5.82 Å². The molecule has 0 aliphatic heterocycles. The molecule has 0 radical (unpaired) electrons. The molecule has 2 aromatic rings. The predicted octanol–water partition coefficient (Wildman–Crippen LogP) is 3.44. The van der Waals surface area contributed by atoms with Crippen molar-refractivity contribution in [2.75, 3.05) is 5.32 Å². The molecule has 2 rings (SSSR count). The zero-order valence-corrected chi connectivity index (χ0v) is 9.91. The molecule has 0 aliphatic carbocycles. The van der Waals surface area contributed by atoms with Gasteiger partial charge in [-0.3, -0.25) is 4.79 Å². The first-order valence-corrected chi connectivity index (χ1v) is 5.49. The predicted molar refractivity (Wildman–Crippen MR) is 67.5 cm³/mol. The van der Waals surface area contributed by atoms with Crippen LogP contribution in [0.1, 0.15) is 10.4 Å². The molecule has 2 N–H and O–H groups in total. The molecule has 0 unspecified atom stereocenters. The first-order chi connectivity index (χ1) is 8.56. The van der Waals surface area contributed by atoms with Crippen molar-refractivity contribution < 1.29 is 14.3 Å². The molecule has 2 aromatic carbocycles. The number of phenolic OH excluding ortho intramolecular Hbond substituents is 1. The first kappa shape index (κ1) is 12.4. The van der Waals surface area contributed by atoms with E-state index in [4.69, 9.17) is 11.6 Å². The van der Waals surface area contributed by atoms with Crippen molar-refractivity contribution in [1.29, 1.82) is 0 Å². The molecule has 0 aromatic heterocycles. The fourth-order valence-corrected chi connectivity index (χ4v) is 1.62. The number of benzene rings is 2. The van der Waals surface area contributed by atoms with Crippen LogP contribution in [0.3, 0.4) is 0 Å². The van der Waals surface area contributed by atoms with Gasteiger partial charge in [0, 0.05) is 11.6 Å². The lowest BCUT2D eigenvalue weighted by atomic mass is 10.2. The zero-order valence-electron chi connectivity index (χ0n) is 9.15. The first-order valence-electron chi connectivity index (χ1n) is 5.12. The van der Waals surface area contributed by atoms with Gasteiger partial charge in [0.1, 0.15) is 11.6 Å². The van der Waals surface area contributed by atoms with Crippen molar-refractivity contribution in [3.63, 3.8) is 0 Å². The molecule has 0 atom stereocenters. The average Bonchev–Trinajstić information content (AvgIpc) is 2.33. The number of hydrogen-bond acceptors (Lipinski definition) is 2. The second kappa shape index (κ2) is 5.06. The van der Waals surface area contributed by atoms with Gasteiger partial charge in [-0.1, -0.05) is 11.6 Å². The van der Waals surface area contributed by atoms with Crippen LogP contribution in [-0.4, -0.2) is 11.0 Å². The fourth-order valence-electron chi connectivity index (χ4n) is 1.40. The normalized spacial score (nSPS) is 10.1. The van der Waals surface area contributed by atoms with Gasteiger partial charge >= 0.3 is 0 Å². The Morgan fingerprint density at radius 1 is 1.17 bits per heavy atom. The van der Waals surface area contributed by atoms with Crippen LogP contribution >= 0.6 is 11.6 Å². The molecule has 0 heterocycles. The number of carbonyl (C=O) groups excluding carboxylic acids is 1. The fraction of sp³-hybridized carbons (Fsp3) is 0. The van der Waals surface area contributed by atoms with Crippen molar-refractivity contribution in [2.45, 2.75) is 0 Å². The summed E-state index contributed by atoms with van der Waals surface area (Å²) < 4.78 is 12.7. The van der Waals surface area contributed by atoms with Gasteiger partial charge in [-0.2, -0.15) is 0 Å². The topological polar surface area (TPSA) is 49.3 Å². The quantitative estimate of drug-likeness (QED) is 0.817. The number of rotatable bonds is 2. The Morgan fingerprint density at radius 2 is 1.83 bits per heavy atom. The summed E-state index contributed by atoms with van der Waals surface area (Å²) >= 11 is 5.85. The summed E-state index contributed by atoms with van der Waals surface area (Å²) in [5.41, 5.74) is 0.698. The van der Waals surface area contributed by atoms with E-state index in [-0.39, 0.29) is 10.8 Å². The van der Waals surface area contributed by atoms with Crippen LogP contribution in [-0.2, 0) is 0 Å². The van der Waals surface area contributed by atoms with Gasteiger partial charge in [-0.15, -0.1) is 0 Å². The zero-order chi connectivity index (χ0) is 13.1. The maximum Gasteiger partial charge on any atom is 0.255 e. The van der Waals surface area contributed by atoms with E-state index < -0.39 is 11.7 Å². The van der Waals surface area contributed by atoms with Crippen molar-refractivity contribution in [3.8, 4) is 5.75 Å². The van der Waals surface area contributed by atoms with Crippen LogP contribution in [0.15, 0.2) is 42.5 Å². The maximum atomic E-state index is 12.7. The molecule has 0 saturated carbocycles. The van der Waals surface area contributed by atoms with E-state index in [2.05, 4.69) is 5.32 Å². The van der Waals surface area contributed by atoms with Crippen LogP contribution in [0.25, 0.3) is 0 Å². The van der Waals surface area contributed by atoms with Crippen molar-refractivity contribution >= 4 is 23.2 Å². The van der Waals surface area contributed by atoms with Crippen LogP contribution < -0.4 is 5.32 Å². The van der Waals surface area contributed by atoms with E-state index in [1.54, 1.807) is 0 Å². The summed E-state index contributed by atoms with van der Waals surface area (Å²) in [7, 11) is 0. The molecule has 5 heteroatoms. The summed E-state index contributed by atoms with van der Waals surface area (Å²) in [6.07, 6.45) is 0. The molecule has 0 saturated heterocycles. The Morgan fingerprint density at radius 3 is 2.44 bits per heavy atom. The Balaban J connectivity index is 2.18. The molecule has 1 amide bonds. The maximum absolute atomic E-state index is 12.7. The van der Waals surface area contributed by atoms with E-state index >= 15 is 0 Å². The highest BCUT2D eigenvalue weighted by atomic mass is 35.5. The van der Waals surface area contributed by atoms with Gasteiger partial charge in [0.2, 0.25) is 0 Å². The molecular formula is C13H9ClFNO2. The Bertz CT molecular complexity index is 584. The van der Waals surface area contributed by atoms with Crippen molar-refractivity contribution in [2.24, 2.45) is 0 Å². The molecule has 92 valence electrons. The van der Waals surface area contributed by atoms with Crippen LogP contribution in [0.5, 0.6) is 5.75 Å². The minimum absolute atomic E-state index is 0.0137. The van der Waals surface area contributed by atoms with Gasteiger partial charge in [-0.25, -0.2) is 4.39 Å². The smallest absolute Gasteiger partial charge is 0.255 e. The lowest BCUT2D eigenvalue weighted by molar-refractivity contribution is 0.102. The van der Waals surface area contributed by atoms with E-state index in [1.165, 1.54) is 42.5 Å². The second-order valence-corrected chi connectivity index (χ2v) is 4.03. The number of phenols is 1. The van der Waals surface area contributed by atoms with Crippen molar-refractivity contribution in [3.05, 3.63) is 58.9 Å². The summed E-state index contributed by atoms with van der Waals surface area (Å²) in [5, 5.41) is 12.0. The highest BCUT2D eigenvalue weighted by Gasteiger charge is 2.08. The van der Waals surface area contributed by atoms with Gasteiger partial charge in [0.15, 0.2) is 0 Å². The number of carbonyl (C=O) groups is 1. The highest BCUT2D eigenvalue weighted by molar-refractivity contribution is 6.34. The minimum atomic E-state index is -0.408. The highest BCUT2D eigenvalue weighted by Crippen LogP contribution is 2.26. The molecule has 18 heavy (non-hydrogen) atoms. The van der Waals surface area contributed by atoms with Crippen LogP contribution in [0.4, 0.5) is 10.1 Å². The summed E-state index contributed by atoms with van der Waals surface area (Å²) in [5.74, 6) is -0.795. The number of anilines is 1. The SMILES string of the molecule is O=C(Nc1ccc(O)cc1Cl)c1ccc(F)cc1. The van der Waals surface area contributed by atoms with E-state index in [0.29, 0.717) is 11.3 Å². The van der Waals surface area contributed by atoms with Gasteiger partial charge in [0.25, 0.3) is 5.91 Å².